The average molecular weight is 340 g/mol. The molecule has 4 nitrogen and oxygen atoms in total. The molecule has 0 saturated carbocycles. The van der Waals surface area contributed by atoms with Crippen molar-refractivity contribution in [3.63, 3.8) is 0 Å². The van der Waals surface area contributed by atoms with E-state index in [1.54, 1.807) is 34.9 Å². The molecule has 6 heteroatoms. The number of thioether (sulfide) groups is 1. The van der Waals surface area contributed by atoms with E-state index in [-0.39, 0.29) is 5.82 Å². The van der Waals surface area contributed by atoms with Gasteiger partial charge in [0.05, 0.1) is 0 Å². The Morgan fingerprint density at radius 3 is 2.67 bits per heavy atom. The molecule has 0 aliphatic heterocycles. The van der Waals surface area contributed by atoms with Crippen molar-refractivity contribution in [1.29, 1.82) is 0 Å². The van der Waals surface area contributed by atoms with Crippen LogP contribution in [-0.2, 0) is 5.75 Å². The molecule has 0 saturated heterocycles. The molecule has 0 amide bonds. The molecule has 0 spiro atoms. The largest absolute Gasteiger partial charge is 0.319 e. The minimum absolute atomic E-state index is 0.223. The van der Waals surface area contributed by atoms with Crippen LogP contribution in [-0.4, -0.2) is 21.4 Å². The molecule has 3 rings (SSSR count). The molecule has 0 fully saturated rings. The molecule has 0 atom stereocenters. The fourth-order valence-electron chi connectivity index (χ4n) is 2.07. The van der Waals surface area contributed by atoms with E-state index in [0.717, 1.165) is 16.3 Å². The Labute approximate surface area is 144 Å². The van der Waals surface area contributed by atoms with Crippen LogP contribution >= 0.6 is 11.8 Å². The lowest BCUT2D eigenvalue weighted by atomic mass is 10.2. The monoisotopic (exact) mass is 340 g/mol. The van der Waals surface area contributed by atoms with Crippen molar-refractivity contribution in [2.45, 2.75) is 10.9 Å². The van der Waals surface area contributed by atoms with Crippen molar-refractivity contribution in [2.24, 2.45) is 0 Å². The molecule has 0 unspecified atom stereocenters. The molecule has 0 aliphatic rings. The summed E-state index contributed by atoms with van der Waals surface area (Å²) in [6.45, 7) is 0.664. The molecule has 1 heterocycles. The van der Waals surface area contributed by atoms with Crippen LogP contribution in [0.3, 0.4) is 0 Å². The lowest BCUT2D eigenvalue weighted by Crippen LogP contribution is -2.14. The van der Waals surface area contributed by atoms with Crippen LogP contribution in [0.1, 0.15) is 11.1 Å². The van der Waals surface area contributed by atoms with Crippen molar-refractivity contribution in [3.05, 3.63) is 83.9 Å². The van der Waals surface area contributed by atoms with Crippen molar-refractivity contribution in [3.8, 4) is 0 Å². The second kappa shape index (κ2) is 8.31. The molecule has 0 radical (unpaired) electrons. The Bertz CT molecular complexity index is 784. The van der Waals surface area contributed by atoms with Gasteiger partial charge in [0.25, 0.3) is 0 Å². The summed E-state index contributed by atoms with van der Waals surface area (Å²) in [6.07, 6.45) is 5.75. The van der Waals surface area contributed by atoms with Gasteiger partial charge in [0.2, 0.25) is 5.16 Å². The second-order valence-corrected chi connectivity index (χ2v) is 6.02. The molecular weight excluding hydrogens is 323 g/mol. The van der Waals surface area contributed by atoms with E-state index in [1.165, 1.54) is 12.1 Å². The fourth-order valence-corrected chi connectivity index (χ4v) is 2.91. The molecular formula is C18H17FN4S. The van der Waals surface area contributed by atoms with Gasteiger partial charge < -0.3 is 5.43 Å². The van der Waals surface area contributed by atoms with Crippen molar-refractivity contribution >= 4 is 17.8 Å². The number of nitrogens with one attached hydrogen (secondary N) is 1. The van der Waals surface area contributed by atoms with E-state index in [9.17, 15) is 4.39 Å². The Kier molecular flexibility index (Phi) is 5.63. The zero-order valence-electron chi connectivity index (χ0n) is 13.0. The highest BCUT2D eigenvalue weighted by molar-refractivity contribution is 7.98. The van der Waals surface area contributed by atoms with E-state index in [2.05, 4.69) is 33.8 Å². The first kappa shape index (κ1) is 16.3. The average Bonchev–Trinajstić information content (AvgIpc) is 3.07. The Morgan fingerprint density at radius 2 is 1.88 bits per heavy atom. The Balaban J connectivity index is 1.51. The lowest BCUT2D eigenvalue weighted by molar-refractivity contribution is 0.627. The van der Waals surface area contributed by atoms with Crippen LogP contribution in [0.2, 0.25) is 0 Å². The quantitative estimate of drug-likeness (QED) is 0.661. The second-order valence-electron chi connectivity index (χ2n) is 5.07. The SMILES string of the molecule is Fc1ccc(CSc2nncn2NCC=Cc2ccccc2)cc1. The summed E-state index contributed by atoms with van der Waals surface area (Å²) in [5.41, 5.74) is 5.44. The van der Waals surface area contributed by atoms with Gasteiger partial charge >= 0.3 is 0 Å². The first-order valence-electron chi connectivity index (χ1n) is 7.54. The van der Waals surface area contributed by atoms with Crippen LogP contribution in [0.25, 0.3) is 6.08 Å². The highest BCUT2D eigenvalue weighted by atomic mass is 32.2. The standard InChI is InChI=1S/C18H17FN4S/c19-17-10-8-16(9-11-17)13-24-18-22-20-14-23(18)21-12-4-7-15-5-2-1-3-6-15/h1-11,14,21H,12-13H2. The number of rotatable bonds is 7. The van der Waals surface area contributed by atoms with Crippen molar-refractivity contribution < 1.29 is 4.39 Å². The predicted octanol–water partition coefficient (Wildman–Crippen LogP) is 3.97. The lowest BCUT2D eigenvalue weighted by Gasteiger charge is -2.07. The van der Waals surface area contributed by atoms with E-state index in [4.69, 9.17) is 0 Å². The third-order valence-corrected chi connectivity index (χ3v) is 4.30. The van der Waals surface area contributed by atoms with Gasteiger partial charge in [0.15, 0.2) is 0 Å². The predicted molar refractivity (Wildman–Crippen MR) is 95.7 cm³/mol. The minimum Gasteiger partial charge on any atom is -0.319 e. The van der Waals surface area contributed by atoms with Crippen LogP contribution in [0.15, 0.2) is 72.2 Å². The van der Waals surface area contributed by atoms with E-state index < -0.39 is 0 Å². The number of nitrogens with zero attached hydrogens (tertiary/aromatic N) is 3. The number of halogens is 1. The Morgan fingerprint density at radius 1 is 1.08 bits per heavy atom. The normalized spacial score (nSPS) is 11.0. The van der Waals surface area contributed by atoms with E-state index in [1.807, 2.05) is 24.3 Å². The molecule has 0 aliphatic carbocycles. The molecule has 2 aromatic carbocycles. The fraction of sp³-hybridized carbons (Fsp3) is 0.111. The number of hydrogen-bond acceptors (Lipinski definition) is 4. The third kappa shape index (κ3) is 4.70. The maximum atomic E-state index is 12.9. The summed E-state index contributed by atoms with van der Waals surface area (Å²) in [5.74, 6) is 0.485. The van der Waals surface area contributed by atoms with E-state index >= 15 is 0 Å². The number of benzene rings is 2. The summed E-state index contributed by atoms with van der Waals surface area (Å²) in [7, 11) is 0. The van der Waals surface area contributed by atoms with Gasteiger partial charge in [-0.2, -0.15) is 0 Å². The topological polar surface area (TPSA) is 42.7 Å². The molecule has 122 valence electrons. The maximum Gasteiger partial charge on any atom is 0.210 e. The van der Waals surface area contributed by atoms with Gasteiger partial charge in [-0.3, -0.25) is 0 Å². The van der Waals surface area contributed by atoms with E-state index in [0.29, 0.717) is 12.3 Å². The van der Waals surface area contributed by atoms with Crippen LogP contribution in [0.4, 0.5) is 4.39 Å². The van der Waals surface area contributed by atoms with Gasteiger partial charge in [-0.1, -0.05) is 66.4 Å². The van der Waals surface area contributed by atoms with Gasteiger partial charge in [-0.05, 0) is 23.3 Å². The first-order valence-corrected chi connectivity index (χ1v) is 8.52. The zero-order chi connectivity index (χ0) is 16.6. The van der Waals surface area contributed by atoms with Crippen LogP contribution in [0.5, 0.6) is 0 Å². The minimum atomic E-state index is -0.223. The first-order chi connectivity index (χ1) is 11.8. The number of hydrogen-bond donors (Lipinski definition) is 1. The van der Waals surface area contributed by atoms with Gasteiger partial charge in [0.1, 0.15) is 12.1 Å². The van der Waals surface area contributed by atoms with Crippen molar-refractivity contribution in [1.82, 2.24) is 14.9 Å². The van der Waals surface area contributed by atoms with Gasteiger partial charge in [-0.15, -0.1) is 10.2 Å². The summed E-state index contributed by atoms with van der Waals surface area (Å²) in [6, 6.07) is 16.6. The molecule has 3 aromatic rings. The van der Waals surface area contributed by atoms with Crippen LogP contribution < -0.4 is 5.43 Å². The summed E-state index contributed by atoms with van der Waals surface area (Å²) < 4.78 is 14.7. The van der Waals surface area contributed by atoms with Crippen LogP contribution in [0, 0.1) is 5.82 Å². The Hall–Kier alpha value is -2.60. The van der Waals surface area contributed by atoms with Crippen molar-refractivity contribution in [2.75, 3.05) is 12.0 Å². The van der Waals surface area contributed by atoms with Gasteiger partial charge in [0, 0.05) is 12.3 Å². The molecule has 0 bridgehead atoms. The summed E-state index contributed by atoms with van der Waals surface area (Å²) >= 11 is 1.55. The van der Waals surface area contributed by atoms with Gasteiger partial charge in [-0.25, -0.2) is 9.07 Å². The maximum absolute atomic E-state index is 12.9. The molecule has 24 heavy (non-hydrogen) atoms. The highest BCUT2D eigenvalue weighted by Crippen LogP contribution is 2.19. The summed E-state index contributed by atoms with van der Waals surface area (Å²) in [5, 5.41) is 8.80. The smallest absolute Gasteiger partial charge is 0.210 e. The molecule has 1 aromatic heterocycles. The third-order valence-electron chi connectivity index (χ3n) is 3.29. The zero-order valence-corrected chi connectivity index (χ0v) is 13.8. The summed E-state index contributed by atoms with van der Waals surface area (Å²) in [4.78, 5) is 0. The number of aromatic nitrogens is 3. The highest BCUT2D eigenvalue weighted by Gasteiger charge is 2.04. The molecule has 1 N–H and O–H groups in total.